The molecule has 1 rings (SSSR count). The van der Waals surface area contributed by atoms with Gasteiger partial charge in [-0.1, -0.05) is 0 Å². The first-order valence-electron chi connectivity index (χ1n) is 4.57. The molecule has 0 radical (unpaired) electrons. The van der Waals surface area contributed by atoms with Crippen LogP contribution in [0.4, 0.5) is 11.6 Å². The maximum Gasteiger partial charge on any atom is 0.131 e. The minimum atomic E-state index is -0.386. The van der Waals surface area contributed by atoms with E-state index in [1.165, 1.54) is 0 Å². The van der Waals surface area contributed by atoms with Crippen LogP contribution in [0.1, 0.15) is 12.7 Å². The molecule has 1 unspecified atom stereocenters. The quantitative estimate of drug-likeness (QED) is 0.658. The van der Waals surface area contributed by atoms with Crippen molar-refractivity contribution < 1.29 is 5.11 Å². The number of hydrogen-bond donors (Lipinski definition) is 3. The monoisotopic (exact) mass is 196 g/mol. The van der Waals surface area contributed by atoms with Crippen LogP contribution in [0.5, 0.6) is 0 Å². The first kappa shape index (κ1) is 10.7. The van der Waals surface area contributed by atoms with E-state index in [1.807, 2.05) is 6.92 Å². The Kier molecular flexibility index (Phi) is 3.64. The molecule has 0 bridgehead atoms. The molecule has 0 aliphatic rings. The fourth-order valence-corrected chi connectivity index (χ4v) is 1.04. The first-order chi connectivity index (χ1) is 6.61. The van der Waals surface area contributed by atoms with E-state index in [0.717, 1.165) is 11.6 Å². The van der Waals surface area contributed by atoms with Crippen molar-refractivity contribution in [2.24, 2.45) is 0 Å². The number of nitrogens with zero attached hydrogens (tertiary/aromatic N) is 2. The lowest BCUT2D eigenvalue weighted by atomic mass is 10.4. The standard InChI is InChI=1S/C9H16N4O/c1-6(14)5-11-9-4-8(10-3)12-7(2)13-9/h4,6,14H,5H2,1-3H3,(H2,10,11,12,13). The van der Waals surface area contributed by atoms with Crippen molar-refractivity contribution in [2.45, 2.75) is 20.0 Å². The zero-order valence-electron chi connectivity index (χ0n) is 8.70. The summed E-state index contributed by atoms with van der Waals surface area (Å²) in [7, 11) is 1.81. The van der Waals surface area contributed by atoms with Gasteiger partial charge in [0.2, 0.25) is 0 Å². The van der Waals surface area contributed by atoms with Gasteiger partial charge >= 0.3 is 0 Å². The first-order valence-corrected chi connectivity index (χ1v) is 4.57. The smallest absolute Gasteiger partial charge is 0.131 e. The minimum absolute atomic E-state index is 0.386. The van der Waals surface area contributed by atoms with Gasteiger partial charge in [-0.15, -0.1) is 0 Å². The van der Waals surface area contributed by atoms with Crippen molar-refractivity contribution in [3.05, 3.63) is 11.9 Å². The fraction of sp³-hybridized carbons (Fsp3) is 0.556. The van der Waals surface area contributed by atoms with Gasteiger partial charge in [0.15, 0.2) is 0 Å². The summed E-state index contributed by atoms with van der Waals surface area (Å²) in [4.78, 5) is 8.34. The number of aryl methyl sites for hydroxylation is 1. The normalized spacial score (nSPS) is 12.3. The Labute approximate surface area is 83.6 Å². The lowest BCUT2D eigenvalue weighted by Gasteiger charge is -2.09. The molecule has 1 aromatic rings. The molecule has 78 valence electrons. The molecular formula is C9H16N4O. The van der Waals surface area contributed by atoms with Crippen LogP contribution in [0.25, 0.3) is 0 Å². The molecule has 0 aromatic carbocycles. The van der Waals surface area contributed by atoms with Crippen LogP contribution in [0.15, 0.2) is 6.07 Å². The zero-order valence-corrected chi connectivity index (χ0v) is 8.70. The Balaban J connectivity index is 2.71. The summed E-state index contributed by atoms with van der Waals surface area (Å²) in [5.74, 6) is 2.19. The SMILES string of the molecule is CNc1cc(NCC(C)O)nc(C)n1. The molecule has 3 N–H and O–H groups in total. The summed E-state index contributed by atoms with van der Waals surface area (Å²) < 4.78 is 0. The summed E-state index contributed by atoms with van der Waals surface area (Å²) in [6.07, 6.45) is -0.386. The van der Waals surface area contributed by atoms with E-state index < -0.39 is 0 Å². The van der Waals surface area contributed by atoms with Gasteiger partial charge in [0.05, 0.1) is 6.10 Å². The Hall–Kier alpha value is -1.36. The average Bonchev–Trinajstić information content (AvgIpc) is 2.14. The number of anilines is 2. The van der Waals surface area contributed by atoms with Gasteiger partial charge in [-0.25, -0.2) is 9.97 Å². The topological polar surface area (TPSA) is 70.1 Å². The predicted molar refractivity (Wildman–Crippen MR) is 56.5 cm³/mol. The van der Waals surface area contributed by atoms with E-state index >= 15 is 0 Å². The maximum absolute atomic E-state index is 9.09. The second kappa shape index (κ2) is 4.76. The third-order valence-electron chi connectivity index (χ3n) is 1.67. The van der Waals surface area contributed by atoms with E-state index in [2.05, 4.69) is 20.6 Å². The predicted octanol–water partition coefficient (Wildman–Crippen LogP) is 0.619. The van der Waals surface area contributed by atoms with Gasteiger partial charge in [0.25, 0.3) is 0 Å². The molecule has 0 fully saturated rings. The number of aliphatic hydroxyl groups is 1. The minimum Gasteiger partial charge on any atom is -0.392 e. The number of rotatable bonds is 4. The molecule has 1 heterocycles. The largest absolute Gasteiger partial charge is 0.392 e. The number of aromatic nitrogens is 2. The highest BCUT2D eigenvalue weighted by molar-refractivity contribution is 5.47. The van der Waals surface area contributed by atoms with Gasteiger partial charge in [-0.3, -0.25) is 0 Å². The molecule has 0 spiro atoms. The fourth-order valence-electron chi connectivity index (χ4n) is 1.04. The summed E-state index contributed by atoms with van der Waals surface area (Å²) in [5.41, 5.74) is 0. The van der Waals surface area contributed by atoms with Crippen molar-refractivity contribution in [1.82, 2.24) is 9.97 Å². The van der Waals surface area contributed by atoms with E-state index in [-0.39, 0.29) is 6.10 Å². The molecule has 5 nitrogen and oxygen atoms in total. The van der Waals surface area contributed by atoms with E-state index in [9.17, 15) is 0 Å². The average molecular weight is 196 g/mol. The molecular weight excluding hydrogens is 180 g/mol. The Morgan fingerprint density at radius 1 is 1.43 bits per heavy atom. The molecule has 0 saturated carbocycles. The number of aliphatic hydroxyl groups excluding tert-OH is 1. The molecule has 0 amide bonds. The lowest BCUT2D eigenvalue weighted by Crippen LogP contribution is -2.16. The summed E-state index contributed by atoms with van der Waals surface area (Å²) in [6, 6.07) is 1.80. The van der Waals surface area contributed by atoms with Crippen LogP contribution in [-0.4, -0.2) is 34.8 Å². The van der Waals surface area contributed by atoms with Crippen molar-refractivity contribution in [2.75, 3.05) is 24.2 Å². The molecule has 5 heteroatoms. The highest BCUT2D eigenvalue weighted by Crippen LogP contribution is 2.09. The molecule has 0 aliphatic heterocycles. The van der Waals surface area contributed by atoms with Crippen LogP contribution < -0.4 is 10.6 Å². The third-order valence-corrected chi connectivity index (χ3v) is 1.67. The van der Waals surface area contributed by atoms with Gasteiger partial charge in [-0.05, 0) is 13.8 Å². The summed E-state index contributed by atoms with van der Waals surface area (Å²) in [6.45, 7) is 4.04. The zero-order chi connectivity index (χ0) is 10.6. The van der Waals surface area contributed by atoms with Crippen LogP contribution >= 0.6 is 0 Å². The van der Waals surface area contributed by atoms with Gasteiger partial charge < -0.3 is 15.7 Å². The molecule has 1 atom stereocenters. The highest BCUT2D eigenvalue weighted by atomic mass is 16.3. The Bertz CT molecular complexity index is 301. The van der Waals surface area contributed by atoms with Crippen molar-refractivity contribution in [3.63, 3.8) is 0 Å². The van der Waals surface area contributed by atoms with Crippen LogP contribution in [0.3, 0.4) is 0 Å². The number of hydrogen-bond acceptors (Lipinski definition) is 5. The van der Waals surface area contributed by atoms with Crippen LogP contribution in [-0.2, 0) is 0 Å². The third kappa shape index (κ3) is 3.18. The number of nitrogens with one attached hydrogen (secondary N) is 2. The van der Waals surface area contributed by atoms with Gasteiger partial charge in [-0.2, -0.15) is 0 Å². The molecule has 14 heavy (non-hydrogen) atoms. The van der Waals surface area contributed by atoms with Crippen molar-refractivity contribution in [1.29, 1.82) is 0 Å². The maximum atomic E-state index is 9.09. The Morgan fingerprint density at radius 2 is 2.07 bits per heavy atom. The highest BCUT2D eigenvalue weighted by Gasteiger charge is 2.01. The molecule has 0 saturated heterocycles. The second-order valence-corrected chi connectivity index (χ2v) is 3.17. The molecule has 0 aliphatic carbocycles. The van der Waals surface area contributed by atoms with Crippen LogP contribution in [0, 0.1) is 6.92 Å². The second-order valence-electron chi connectivity index (χ2n) is 3.17. The Morgan fingerprint density at radius 3 is 2.64 bits per heavy atom. The van der Waals surface area contributed by atoms with Crippen molar-refractivity contribution in [3.8, 4) is 0 Å². The van der Waals surface area contributed by atoms with Crippen LogP contribution in [0.2, 0.25) is 0 Å². The van der Waals surface area contributed by atoms with Crippen molar-refractivity contribution >= 4 is 11.6 Å². The lowest BCUT2D eigenvalue weighted by molar-refractivity contribution is 0.208. The molecule has 1 aromatic heterocycles. The van der Waals surface area contributed by atoms with E-state index in [1.54, 1.807) is 20.0 Å². The summed E-state index contributed by atoms with van der Waals surface area (Å²) in [5, 5.41) is 15.0. The van der Waals surface area contributed by atoms with Gasteiger partial charge in [0.1, 0.15) is 17.5 Å². The van der Waals surface area contributed by atoms with E-state index in [0.29, 0.717) is 12.4 Å². The summed E-state index contributed by atoms with van der Waals surface area (Å²) >= 11 is 0. The van der Waals surface area contributed by atoms with E-state index in [4.69, 9.17) is 5.11 Å². The van der Waals surface area contributed by atoms with Gasteiger partial charge in [0, 0.05) is 19.7 Å².